The molecule has 1 aromatic carbocycles. The molecule has 2 rings (SSSR count). The van der Waals surface area contributed by atoms with E-state index in [9.17, 15) is 0 Å². The Morgan fingerprint density at radius 3 is 2.78 bits per heavy atom. The summed E-state index contributed by atoms with van der Waals surface area (Å²) in [5.41, 5.74) is 1.92. The topological polar surface area (TPSA) is 35.0 Å². The molecular formula is C15H14N2O. The highest BCUT2D eigenvalue weighted by atomic mass is 16.5. The molecule has 18 heavy (non-hydrogen) atoms. The third kappa shape index (κ3) is 3.08. The van der Waals surface area contributed by atoms with E-state index < -0.39 is 0 Å². The third-order valence-corrected chi connectivity index (χ3v) is 2.34. The van der Waals surface area contributed by atoms with Gasteiger partial charge in [-0.3, -0.25) is 0 Å². The first-order valence-corrected chi connectivity index (χ1v) is 5.85. The standard InChI is InChI=1S/C15H14N2O/c1-2-3-7-10-18-15-14(11-16-12-17-15)13-8-5-4-6-9-13/h4-6,8-9,11-12H,2,10H2,1H3. The Balaban J connectivity index is 2.21. The zero-order valence-corrected chi connectivity index (χ0v) is 10.3. The molecule has 0 N–H and O–H groups in total. The van der Waals surface area contributed by atoms with Gasteiger partial charge in [0.25, 0.3) is 0 Å². The maximum Gasteiger partial charge on any atom is 0.225 e. The lowest BCUT2D eigenvalue weighted by Gasteiger charge is -2.07. The molecule has 0 bridgehead atoms. The molecule has 3 nitrogen and oxygen atoms in total. The van der Waals surface area contributed by atoms with E-state index in [0.717, 1.165) is 17.5 Å². The highest BCUT2D eigenvalue weighted by Gasteiger charge is 2.06. The number of ether oxygens (including phenoxy) is 1. The van der Waals surface area contributed by atoms with Crippen molar-refractivity contribution in [2.45, 2.75) is 13.3 Å². The van der Waals surface area contributed by atoms with E-state index in [2.05, 4.69) is 21.8 Å². The summed E-state index contributed by atoms with van der Waals surface area (Å²) in [5.74, 6) is 6.46. The fraction of sp³-hybridized carbons (Fsp3) is 0.200. The zero-order chi connectivity index (χ0) is 12.6. The molecule has 3 heteroatoms. The van der Waals surface area contributed by atoms with E-state index in [4.69, 9.17) is 4.74 Å². The van der Waals surface area contributed by atoms with Gasteiger partial charge in [-0.15, -0.1) is 5.92 Å². The quantitative estimate of drug-likeness (QED) is 0.771. The van der Waals surface area contributed by atoms with Crippen LogP contribution < -0.4 is 4.74 Å². The second-order valence-corrected chi connectivity index (χ2v) is 3.60. The van der Waals surface area contributed by atoms with Crippen molar-refractivity contribution in [1.82, 2.24) is 9.97 Å². The van der Waals surface area contributed by atoms with E-state index >= 15 is 0 Å². The van der Waals surface area contributed by atoms with E-state index in [1.54, 1.807) is 6.20 Å². The van der Waals surface area contributed by atoms with E-state index in [1.807, 2.05) is 37.3 Å². The van der Waals surface area contributed by atoms with E-state index in [-0.39, 0.29) is 0 Å². The Bertz CT molecular complexity index is 555. The summed E-state index contributed by atoms with van der Waals surface area (Å²) in [6.07, 6.45) is 4.07. The van der Waals surface area contributed by atoms with Crippen LogP contribution in [0.5, 0.6) is 5.88 Å². The normalized spacial score (nSPS) is 9.39. The minimum atomic E-state index is 0.352. The molecule has 0 fully saturated rings. The van der Waals surface area contributed by atoms with Crippen molar-refractivity contribution >= 4 is 0 Å². The fourth-order valence-electron chi connectivity index (χ4n) is 1.53. The molecule has 0 amide bonds. The third-order valence-electron chi connectivity index (χ3n) is 2.34. The van der Waals surface area contributed by atoms with Gasteiger partial charge < -0.3 is 4.74 Å². The largest absolute Gasteiger partial charge is 0.464 e. The van der Waals surface area contributed by atoms with Crippen LogP contribution >= 0.6 is 0 Å². The Morgan fingerprint density at radius 2 is 2.00 bits per heavy atom. The minimum Gasteiger partial charge on any atom is -0.464 e. The average Bonchev–Trinajstić information content (AvgIpc) is 2.45. The fourth-order valence-corrected chi connectivity index (χ4v) is 1.53. The lowest BCUT2D eigenvalue weighted by molar-refractivity contribution is 0.356. The maximum atomic E-state index is 5.57. The van der Waals surface area contributed by atoms with E-state index in [1.165, 1.54) is 6.33 Å². The first-order chi connectivity index (χ1) is 8.92. The molecule has 0 saturated carbocycles. The monoisotopic (exact) mass is 238 g/mol. The minimum absolute atomic E-state index is 0.352. The van der Waals surface area contributed by atoms with Gasteiger partial charge in [0, 0.05) is 12.6 Å². The van der Waals surface area contributed by atoms with Crippen molar-refractivity contribution in [1.29, 1.82) is 0 Å². The van der Waals surface area contributed by atoms with Crippen LogP contribution in [0.15, 0.2) is 42.9 Å². The van der Waals surface area contributed by atoms with Crippen LogP contribution in [0.2, 0.25) is 0 Å². The highest BCUT2D eigenvalue weighted by molar-refractivity contribution is 5.67. The van der Waals surface area contributed by atoms with E-state index in [0.29, 0.717) is 12.5 Å². The van der Waals surface area contributed by atoms with Gasteiger partial charge in [-0.2, -0.15) is 0 Å². The highest BCUT2D eigenvalue weighted by Crippen LogP contribution is 2.26. The molecule has 0 radical (unpaired) electrons. The molecule has 0 aliphatic heterocycles. The van der Waals surface area contributed by atoms with Crippen molar-refractivity contribution in [3.8, 4) is 28.8 Å². The van der Waals surface area contributed by atoms with Crippen LogP contribution in [0.25, 0.3) is 11.1 Å². The lowest BCUT2D eigenvalue weighted by Crippen LogP contribution is -1.99. The van der Waals surface area contributed by atoms with Gasteiger partial charge in [0.05, 0.1) is 5.56 Å². The summed E-state index contributed by atoms with van der Waals surface area (Å²) in [4.78, 5) is 8.19. The van der Waals surface area contributed by atoms with Gasteiger partial charge in [-0.25, -0.2) is 9.97 Å². The predicted molar refractivity (Wildman–Crippen MR) is 71.0 cm³/mol. The number of hydrogen-bond donors (Lipinski definition) is 0. The summed E-state index contributed by atoms with van der Waals surface area (Å²) in [5, 5.41) is 0. The number of nitrogens with zero attached hydrogens (tertiary/aromatic N) is 2. The van der Waals surface area contributed by atoms with Crippen molar-refractivity contribution in [3.63, 3.8) is 0 Å². The van der Waals surface area contributed by atoms with Gasteiger partial charge in [0.15, 0.2) is 6.61 Å². The van der Waals surface area contributed by atoms with Crippen molar-refractivity contribution in [2.75, 3.05) is 6.61 Å². The zero-order valence-electron chi connectivity index (χ0n) is 10.3. The average molecular weight is 238 g/mol. The molecule has 0 atom stereocenters. The van der Waals surface area contributed by atoms with Gasteiger partial charge in [-0.05, 0) is 5.56 Å². The first-order valence-electron chi connectivity index (χ1n) is 5.85. The molecule has 0 aliphatic carbocycles. The first kappa shape index (κ1) is 12.1. The number of benzene rings is 1. The van der Waals surface area contributed by atoms with Gasteiger partial charge in [0.2, 0.25) is 5.88 Å². The van der Waals surface area contributed by atoms with Gasteiger partial charge in [0.1, 0.15) is 6.33 Å². The predicted octanol–water partition coefficient (Wildman–Crippen LogP) is 2.94. The van der Waals surface area contributed by atoms with Crippen LogP contribution in [0.3, 0.4) is 0 Å². The molecule has 2 aromatic rings. The molecule has 0 unspecified atom stereocenters. The molecule has 0 spiro atoms. The Hall–Kier alpha value is -2.34. The van der Waals surface area contributed by atoms with Crippen LogP contribution in [0.4, 0.5) is 0 Å². The number of aromatic nitrogens is 2. The smallest absolute Gasteiger partial charge is 0.225 e. The van der Waals surface area contributed by atoms with Crippen LogP contribution in [0.1, 0.15) is 13.3 Å². The molecule has 0 aliphatic rings. The maximum absolute atomic E-state index is 5.57. The Kier molecular flexibility index (Phi) is 4.32. The van der Waals surface area contributed by atoms with Crippen molar-refractivity contribution in [2.24, 2.45) is 0 Å². The SMILES string of the molecule is CCC#CCOc1ncncc1-c1ccccc1. The van der Waals surface area contributed by atoms with Crippen molar-refractivity contribution in [3.05, 3.63) is 42.9 Å². The molecule has 1 aromatic heterocycles. The number of hydrogen-bond acceptors (Lipinski definition) is 3. The number of rotatable bonds is 3. The van der Waals surface area contributed by atoms with Gasteiger partial charge in [-0.1, -0.05) is 43.2 Å². The second-order valence-electron chi connectivity index (χ2n) is 3.60. The van der Waals surface area contributed by atoms with Crippen LogP contribution in [-0.4, -0.2) is 16.6 Å². The molecule has 90 valence electrons. The molecule has 1 heterocycles. The Morgan fingerprint density at radius 1 is 1.17 bits per heavy atom. The molecular weight excluding hydrogens is 224 g/mol. The summed E-state index contributed by atoms with van der Waals surface area (Å²) < 4.78 is 5.57. The Labute approximate surface area is 107 Å². The second kappa shape index (κ2) is 6.41. The lowest BCUT2D eigenvalue weighted by atomic mass is 10.1. The molecule has 0 saturated heterocycles. The summed E-state index contributed by atoms with van der Waals surface area (Å²) >= 11 is 0. The van der Waals surface area contributed by atoms with Gasteiger partial charge >= 0.3 is 0 Å². The summed E-state index contributed by atoms with van der Waals surface area (Å²) in [6.45, 7) is 2.36. The van der Waals surface area contributed by atoms with Crippen LogP contribution in [-0.2, 0) is 0 Å². The summed E-state index contributed by atoms with van der Waals surface area (Å²) in [7, 11) is 0. The summed E-state index contributed by atoms with van der Waals surface area (Å²) in [6, 6.07) is 9.93. The van der Waals surface area contributed by atoms with Crippen LogP contribution in [0, 0.1) is 11.8 Å². The van der Waals surface area contributed by atoms with Crippen molar-refractivity contribution < 1.29 is 4.74 Å².